The van der Waals surface area contributed by atoms with Crippen LogP contribution in [0.5, 0.6) is 0 Å². The molecular weight excluding hydrogens is 299 g/mol. The summed E-state index contributed by atoms with van der Waals surface area (Å²) in [6.07, 6.45) is 4.14. The van der Waals surface area contributed by atoms with Crippen molar-refractivity contribution >= 4 is 30.0 Å². The molecule has 0 aliphatic rings. The number of rotatable bonds is 5. The SMILES string of the molecule is CCCCc1n[nH]c(=S)n1/N=C\c1c(F)cccc1Cl. The quantitative estimate of drug-likeness (QED) is 0.671. The van der Waals surface area contributed by atoms with Crippen LogP contribution in [0.25, 0.3) is 0 Å². The van der Waals surface area contributed by atoms with Crippen LogP contribution in [0, 0.1) is 10.6 Å². The number of aromatic nitrogens is 3. The molecule has 2 rings (SSSR count). The molecule has 0 amide bonds. The number of unbranched alkanes of at least 4 members (excludes halogenated alkanes) is 1. The van der Waals surface area contributed by atoms with Gasteiger partial charge in [0.1, 0.15) is 5.82 Å². The molecule has 0 unspecified atom stereocenters. The van der Waals surface area contributed by atoms with E-state index in [1.165, 1.54) is 17.0 Å². The Morgan fingerprint density at radius 3 is 3.05 bits per heavy atom. The van der Waals surface area contributed by atoms with Crippen molar-refractivity contribution in [2.75, 3.05) is 0 Å². The second-order valence-electron chi connectivity index (χ2n) is 4.24. The van der Waals surface area contributed by atoms with Crippen LogP contribution >= 0.6 is 23.8 Å². The minimum absolute atomic E-state index is 0.235. The van der Waals surface area contributed by atoms with Gasteiger partial charge in [0.25, 0.3) is 0 Å². The Kier molecular flexibility index (Phi) is 5.03. The van der Waals surface area contributed by atoms with Gasteiger partial charge in [-0.1, -0.05) is 31.0 Å². The number of hydrogen-bond donors (Lipinski definition) is 1. The first-order chi connectivity index (χ1) is 9.63. The van der Waals surface area contributed by atoms with E-state index in [-0.39, 0.29) is 5.56 Å². The number of aromatic amines is 1. The summed E-state index contributed by atoms with van der Waals surface area (Å²) in [5.74, 6) is 0.298. The van der Waals surface area contributed by atoms with E-state index in [0.717, 1.165) is 25.1 Å². The average Bonchev–Trinajstić information content (AvgIpc) is 2.77. The van der Waals surface area contributed by atoms with Crippen molar-refractivity contribution in [2.24, 2.45) is 5.10 Å². The van der Waals surface area contributed by atoms with Crippen molar-refractivity contribution in [3.8, 4) is 0 Å². The molecule has 0 bridgehead atoms. The Balaban J connectivity index is 2.32. The van der Waals surface area contributed by atoms with Crippen molar-refractivity contribution in [2.45, 2.75) is 26.2 Å². The summed E-state index contributed by atoms with van der Waals surface area (Å²) >= 11 is 11.1. The summed E-state index contributed by atoms with van der Waals surface area (Å²) in [4.78, 5) is 0. The lowest BCUT2D eigenvalue weighted by molar-refractivity contribution is 0.625. The number of hydrogen-bond acceptors (Lipinski definition) is 3. The fourth-order valence-electron chi connectivity index (χ4n) is 1.69. The van der Waals surface area contributed by atoms with Gasteiger partial charge in [-0.15, -0.1) is 0 Å². The van der Waals surface area contributed by atoms with Crippen LogP contribution in [0.2, 0.25) is 5.02 Å². The normalized spacial score (nSPS) is 11.3. The van der Waals surface area contributed by atoms with Crippen LogP contribution in [-0.2, 0) is 6.42 Å². The van der Waals surface area contributed by atoms with E-state index >= 15 is 0 Å². The van der Waals surface area contributed by atoms with Crippen LogP contribution in [0.1, 0.15) is 31.2 Å². The highest BCUT2D eigenvalue weighted by molar-refractivity contribution is 7.71. The second-order valence-corrected chi connectivity index (χ2v) is 5.03. The number of aryl methyl sites for hydroxylation is 1. The van der Waals surface area contributed by atoms with E-state index in [0.29, 0.717) is 9.79 Å². The predicted octanol–water partition coefficient (Wildman–Crippen LogP) is 3.96. The molecule has 0 fully saturated rings. The number of nitrogens with one attached hydrogen (secondary N) is 1. The van der Waals surface area contributed by atoms with Gasteiger partial charge in [-0.3, -0.25) is 5.10 Å². The van der Waals surface area contributed by atoms with Crippen LogP contribution in [-0.4, -0.2) is 21.1 Å². The van der Waals surface area contributed by atoms with E-state index in [1.807, 2.05) is 0 Å². The molecule has 20 heavy (non-hydrogen) atoms. The number of benzene rings is 1. The molecular formula is C13H14ClFN4S. The third kappa shape index (κ3) is 3.32. The van der Waals surface area contributed by atoms with Gasteiger partial charge >= 0.3 is 0 Å². The third-order valence-electron chi connectivity index (χ3n) is 2.77. The van der Waals surface area contributed by atoms with E-state index in [1.54, 1.807) is 12.1 Å². The zero-order valence-electron chi connectivity index (χ0n) is 10.9. The molecule has 0 saturated heterocycles. The molecule has 1 heterocycles. The average molecular weight is 313 g/mol. The summed E-state index contributed by atoms with van der Waals surface area (Å²) in [6, 6.07) is 4.49. The van der Waals surface area contributed by atoms with Crippen molar-refractivity contribution in [1.82, 2.24) is 14.9 Å². The Hall–Kier alpha value is -1.53. The van der Waals surface area contributed by atoms with E-state index in [2.05, 4.69) is 22.2 Å². The third-order valence-corrected chi connectivity index (χ3v) is 3.37. The topological polar surface area (TPSA) is 46.0 Å². The van der Waals surface area contributed by atoms with E-state index in [4.69, 9.17) is 23.8 Å². The van der Waals surface area contributed by atoms with Gasteiger partial charge in [0.05, 0.1) is 11.2 Å². The van der Waals surface area contributed by atoms with Crippen molar-refractivity contribution < 1.29 is 4.39 Å². The Bertz CT molecular complexity index is 657. The Morgan fingerprint density at radius 1 is 1.55 bits per heavy atom. The summed E-state index contributed by atoms with van der Waals surface area (Å²) in [5.41, 5.74) is 0.235. The molecule has 1 N–H and O–H groups in total. The maximum atomic E-state index is 13.6. The standard InChI is InChI=1S/C13H14ClFN4S/c1-2-3-7-12-17-18-13(20)19(12)16-8-9-10(14)5-4-6-11(9)15/h4-6,8H,2-3,7H2,1H3,(H,18,20)/b16-8-. The zero-order valence-corrected chi connectivity index (χ0v) is 12.5. The highest BCUT2D eigenvalue weighted by Crippen LogP contribution is 2.17. The van der Waals surface area contributed by atoms with Crippen LogP contribution in [0.3, 0.4) is 0 Å². The minimum atomic E-state index is -0.425. The Morgan fingerprint density at radius 2 is 2.35 bits per heavy atom. The van der Waals surface area contributed by atoms with Crippen LogP contribution in [0.15, 0.2) is 23.3 Å². The van der Waals surface area contributed by atoms with Crippen molar-refractivity contribution in [3.05, 3.63) is 45.2 Å². The molecule has 106 valence electrons. The molecule has 0 radical (unpaired) electrons. The molecule has 0 atom stereocenters. The summed E-state index contributed by atoms with van der Waals surface area (Å²) in [7, 11) is 0. The highest BCUT2D eigenvalue weighted by atomic mass is 35.5. The molecule has 7 heteroatoms. The number of nitrogens with zero attached hydrogens (tertiary/aromatic N) is 3. The van der Waals surface area contributed by atoms with Gasteiger partial charge < -0.3 is 0 Å². The monoisotopic (exact) mass is 312 g/mol. The van der Waals surface area contributed by atoms with Gasteiger partial charge in [0.2, 0.25) is 4.77 Å². The molecule has 2 aromatic rings. The fraction of sp³-hybridized carbons (Fsp3) is 0.308. The predicted molar refractivity (Wildman–Crippen MR) is 80.4 cm³/mol. The first-order valence-electron chi connectivity index (χ1n) is 6.28. The molecule has 1 aromatic carbocycles. The molecule has 1 aromatic heterocycles. The maximum Gasteiger partial charge on any atom is 0.216 e. The Labute approximate surface area is 126 Å². The summed E-state index contributed by atoms with van der Waals surface area (Å²) < 4.78 is 15.5. The lowest BCUT2D eigenvalue weighted by atomic mass is 10.2. The maximum absolute atomic E-state index is 13.6. The molecule has 0 saturated carbocycles. The van der Waals surface area contributed by atoms with Crippen LogP contribution in [0.4, 0.5) is 4.39 Å². The van der Waals surface area contributed by atoms with Gasteiger partial charge in [0, 0.05) is 12.0 Å². The molecule has 0 spiro atoms. The molecule has 4 nitrogen and oxygen atoms in total. The van der Waals surface area contributed by atoms with E-state index < -0.39 is 5.82 Å². The second kappa shape index (κ2) is 6.76. The van der Waals surface area contributed by atoms with Gasteiger partial charge in [0.15, 0.2) is 5.82 Å². The molecule has 0 aliphatic carbocycles. The number of H-pyrrole nitrogens is 1. The highest BCUT2D eigenvalue weighted by Gasteiger charge is 2.06. The van der Waals surface area contributed by atoms with Crippen molar-refractivity contribution in [1.29, 1.82) is 0 Å². The van der Waals surface area contributed by atoms with Crippen LogP contribution < -0.4 is 0 Å². The fourth-order valence-corrected chi connectivity index (χ4v) is 2.10. The lowest BCUT2D eigenvalue weighted by Gasteiger charge is -2.01. The summed E-state index contributed by atoms with van der Waals surface area (Å²) in [6.45, 7) is 2.09. The minimum Gasteiger partial charge on any atom is -0.250 e. The largest absolute Gasteiger partial charge is 0.250 e. The van der Waals surface area contributed by atoms with Gasteiger partial charge in [-0.25, -0.2) is 4.39 Å². The van der Waals surface area contributed by atoms with Gasteiger partial charge in [-0.05, 0) is 30.8 Å². The zero-order chi connectivity index (χ0) is 14.5. The van der Waals surface area contributed by atoms with Crippen molar-refractivity contribution in [3.63, 3.8) is 0 Å². The van der Waals surface area contributed by atoms with E-state index in [9.17, 15) is 4.39 Å². The number of halogens is 2. The molecule has 0 aliphatic heterocycles. The van der Waals surface area contributed by atoms with Gasteiger partial charge in [-0.2, -0.15) is 14.9 Å². The first-order valence-corrected chi connectivity index (χ1v) is 7.06. The summed E-state index contributed by atoms with van der Waals surface area (Å²) in [5, 5.41) is 11.3. The smallest absolute Gasteiger partial charge is 0.216 e. The first kappa shape index (κ1) is 14.9. The lowest BCUT2D eigenvalue weighted by Crippen LogP contribution is -2.00.